The molecule has 0 fully saturated rings. The van der Waals surface area contributed by atoms with Gasteiger partial charge in [-0.2, -0.15) is 0 Å². The Bertz CT molecular complexity index is 517. The van der Waals surface area contributed by atoms with Crippen LogP contribution in [0.3, 0.4) is 0 Å². The highest BCUT2D eigenvalue weighted by molar-refractivity contribution is 5.62. The van der Waals surface area contributed by atoms with Gasteiger partial charge in [0, 0.05) is 5.56 Å². The summed E-state index contributed by atoms with van der Waals surface area (Å²) in [6.45, 7) is 8.05. The predicted octanol–water partition coefficient (Wildman–Crippen LogP) is 3.46. The smallest absolute Gasteiger partial charge is 0.208 e. The number of hydrogen-bond acceptors (Lipinski definition) is 3. The molecule has 1 N–H and O–H groups in total. The van der Waals surface area contributed by atoms with Gasteiger partial charge in [0.15, 0.2) is 5.76 Å². The van der Waals surface area contributed by atoms with Gasteiger partial charge < -0.3 is 9.73 Å². The van der Waals surface area contributed by atoms with E-state index in [0.29, 0.717) is 6.54 Å². The van der Waals surface area contributed by atoms with E-state index in [1.807, 2.05) is 6.20 Å². The highest BCUT2D eigenvalue weighted by Gasteiger charge is 2.09. The van der Waals surface area contributed by atoms with Gasteiger partial charge in [0.25, 0.3) is 0 Å². The van der Waals surface area contributed by atoms with Crippen molar-refractivity contribution < 1.29 is 4.42 Å². The molecule has 0 unspecified atom stereocenters. The molecule has 3 nitrogen and oxygen atoms in total. The second kappa shape index (κ2) is 5.83. The first-order valence-corrected chi connectivity index (χ1v) is 6.44. The molecule has 1 aromatic heterocycles. The van der Waals surface area contributed by atoms with E-state index < -0.39 is 0 Å². The number of hydrogen-bond donors (Lipinski definition) is 1. The molecule has 0 amide bonds. The number of oxazole rings is 1. The summed E-state index contributed by atoms with van der Waals surface area (Å²) in [5, 5.41) is 3.29. The number of rotatable bonds is 5. The van der Waals surface area contributed by atoms with Crippen molar-refractivity contribution in [1.29, 1.82) is 0 Å². The van der Waals surface area contributed by atoms with Crippen LogP contribution in [0.4, 0.5) is 0 Å². The minimum Gasteiger partial charge on any atom is -0.439 e. The molecule has 2 rings (SSSR count). The third kappa shape index (κ3) is 2.79. The van der Waals surface area contributed by atoms with Crippen molar-refractivity contribution in [1.82, 2.24) is 10.3 Å². The normalized spacial score (nSPS) is 10.8. The van der Waals surface area contributed by atoms with Crippen LogP contribution in [0.1, 0.15) is 30.4 Å². The minimum atomic E-state index is 0.693. The van der Waals surface area contributed by atoms with Gasteiger partial charge in [0.2, 0.25) is 5.89 Å². The third-order valence-electron chi connectivity index (χ3n) is 3.13. The highest BCUT2D eigenvalue weighted by atomic mass is 16.4. The van der Waals surface area contributed by atoms with E-state index in [9.17, 15) is 0 Å². The second-order valence-electron chi connectivity index (χ2n) is 4.54. The van der Waals surface area contributed by atoms with Crippen molar-refractivity contribution >= 4 is 0 Å². The van der Waals surface area contributed by atoms with E-state index in [-0.39, 0.29) is 0 Å². The molecule has 0 aliphatic carbocycles. The summed E-state index contributed by atoms with van der Waals surface area (Å²) < 4.78 is 5.78. The summed E-state index contributed by atoms with van der Waals surface area (Å²) >= 11 is 0. The predicted molar refractivity (Wildman–Crippen MR) is 73.4 cm³/mol. The Hall–Kier alpha value is -1.61. The van der Waals surface area contributed by atoms with Gasteiger partial charge >= 0.3 is 0 Å². The molecule has 1 heterocycles. The quantitative estimate of drug-likeness (QED) is 0.818. The first kappa shape index (κ1) is 12.8. The zero-order valence-corrected chi connectivity index (χ0v) is 11.3. The van der Waals surface area contributed by atoms with Gasteiger partial charge in [-0.15, -0.1) is 0 Å². The van der Waals surface area contributed by atoms with Gasteiger partial charge in [-0.25, -0.2) is 4.98 Å². The second-order valence-corrected chi connectivity index (χ2v) is 4.54. The standard InChI is InChI=1S/C15H20N2O/c1-4-8-16-10-15-17-9-14(18-15)13-7-5-6-11(2)12(13)3/h5-7,9,16H,4,8,10H2,1-3H3. The Labute approximate surface area is 108 Å². The molecule has 0 radical (unpaired) electrons. The van der Waals surface area contributed by atoms with E-state index >= 15 is 0 Å². The van der Waals surface area contributed by atoms with Gasteiger partial charge in [0.05, 0.1) is 12.7 Å². The van der Waals surface area contributed by atoms with Gasteiger partial charge in [0.1, 0.15) is 0 Å². The first-order chi connectivity index (χ1) is 8.72. The molecule has 3 heteroatoms. The lowest BCUT2D eigenvalue weighted by atomic mass is 10.0. The lowest BCUT2D eigenvalue weighted by Gasteiger charge is -2.05. The van der Waals surface area contributed by atoms with Crippen molar-refractivity contribution in [2.24, 2.45) is 0 Å². The van der Waals surface area contributed by atoms with Gasteiger partial charge in [-0.3, -0.25) is 0 Å². The molecule has 0 saturated carbocycles. The SMILES string of the molecule is CCCNCc1ncc(-c2cccc(C)c2C)o1. The van der Waals surface area contributed by atoms with E-state index in [0.717, 1.165) is 30.2 Å². The van der Waals surface area contributed by atoms with E-state index in [4.69, 9.17) is 4.42 Å². The number of nitrogens with zero attached hydrogens (tertiary/aromatic N) is 1. The monoisotopic (exact) mass is 244 g/mol. The number of nitrogens with one attached hydrogen (secondary N) is 1. The van der Waals surface area contributed by atoms with Gasteiger partial charge in [-0.1, -0.05) is 25.1 Å². The summed E-state index contributed by atoms with van der Waals surface area (Å²) in [6.07, 6.45) is 2.93. The maximum absolute atomic E-state index is 5.78. The minimum absolute atomic E-state index is 0.693. The van der Waals surface area contributed by atoms with Crippen LogP contribution in [0.25, 0.3) is 11.3 Å². The third-order valence-corrected chi connectivity index (χ3v) is 3.13. The molecule has 2 aromatic rings. The van der Waals surface area contributed by atoms with Crippen LogP contribution in [-0.4, -0.2) is 11.5 Å². The molecule has 18 heavy (non-hydrogen) atoms. The van der Waals surface area contributed by atoms with Crippen molar-refractivity contribution in [3.8, 4) is 11.3 Å². The maximum Gasteiger partial charge on any atom is 0.208 e. The van der Waals surface area contributed by atoms with Crippen LogP contribution in [0.2, 0.25) is 0 Å². The topological polar surface area (TPSA) is 38.1 Å². The Morgan fingerprint density at radius 2 is 2.11 bits per heavy atom. The summed E-state index contributed by atoms with van der Waals surface area (Å²) in [7, 11) is 0. The lowest BCUT2D eigenvalue weighted by Crippen LogP contribution is -2.13. The van der Waals surface area contributed by atoms with Crippen molar-refractivity contribution in [3.05, 3.63) is 41.4 Å². The molecule has 0 aliphatic heterocycles. The van der Waals surface area contributed by atoms with Crippen molar-refractivity contribution in [3.63, 3.8) is 0 Å². The Morgan fingerprint density at radius 1 is 1.28 bits per heavy atom. The molecule has 0 aliphatic rings. The highest BCUT2D eigenvalue weighted by Crippen LogP contribution is 2.25. The fourth-order valence-corrected chi connectivity index (χ4v) is 1.91. The zero-order valence-electron chi connectivity index (χ0n) is 11.3. The van der Waals surface area contributed by atoms with Crippen molar-refractivity contribution in [2.45, 2.75) is 33.7 Å². The summed E-state index contributed by atoms with van der Waals surface area (Å²) in [5.74, 6) is 1.60. The Balaban J connectivity index is 2.16. The number of aryl methyl sites for hydroxylation is 1. The first-order valence-electron chi connectivity index (χ1n) is 6.44. The average Bonchev–Trinajstić information content (AvgIpc) is 2.82. The van der Waals surface area contributed by atoms with Crippen LogP contribution < -0.4 is 5.32 Å². The van der Waals surface area contributed by atoms with E-state index in [1.54, 1.807) is 0 Å². The van der Waals surface area contributed by atoms with Crippen LogP contribution in [-0.2, 0) is 6.54 Å². The zero-order chi connectivity index (χ0) is 13.0. The average molecular weight is 244 g/mol. The molecule has 1 aromatic carbocycles. The molecule has 96 valence electrons. The Kier molecular flexibility index (Phi) is 4.15. The maximum atomic E-state index is 5.78. The number of aromatic nitrogens is 1. The Morgan fingerprint density at radius 3 is 2.89 bits per heavy atom. The summed E-state index contributed by atoms with van der Waals surface area (Å²) in [6, 6.07) is 6.24. The molecule has 0 atom stereocenters. The molecule has 0 bridgehead atoms. The fourth-order valence-electron chi connectivity index (χ4n) is 1.91. The molecule has 0 spiro atoms. The lowest BCUT2D eigenvalue weighted by molar-refractivity contribution is 0.477. The molecule has 0 saturated heterocycles. The molecular formula is C15H20N2O. The summed E-state index contributed by atoms with van der Waals surface area (Å²) in [5.41, 5.74) is 3.65. The number of benzene rings is 1. The van der Waals surface area contributed by atoms with Crippen LogP contribution in [0.5, 0.6) is 0 Å². The van der Waals surface area contributed by atoms with Crippen LogP contribution in [0.15, 0.2) is 28.8 Å². The van der Waals surface area contributed by atoms with E-state index in [1.165, 1.54) is 11.1 Å². The van der Waals surface area contributed by atoms with Crippen LogP contribution in [0, 0.1) is 13.8 Å². The fraction of sp³-hybridized carbons (Fsp3) is 0.400. The van der Waals surface area contributed by atoms with E-state index in [2.05, 4.69) is 49.3 Å². The largest absolute Gasteiger partial charge is 0.439 e. The van der Waals surface area contributed by atoms with Crippen molar-refractivity contribution in [2.75, 3.05) is 6.54 Å². The van der Waals surface area contributed by atoms with Gasteiger partial charge in [-0.05, 0) is 37.9 Å². The summed E-state index contributed by atoms with van der Waals surface area (Å²) in [4.78, 5) is 4.31. The van der Waals surface area contributed by atoms with Crippen LogP contribution >= 0.6 is 0 Å². The molecular weight excluding hydrogens is 224 g/mol.